The van der Waals surface area contributed by atoms with Gasteiger partial charge in [-0.2, -0.15) is 0 Å². The van der Waals surface area contributed by atoms with Crippen LogP contribution >= 0.6 is 0 Å². The number of piperidine rings is 1. The molecule has 1 aromatic rings. The first-order valence-corrected chi connectivity index (χ1v) is 7.97. The lowest BCUT2D eigenvalue weighted by molar-refractivity contribution is -0.384. The number of carbonyl (C=O) groups is 1. The fraction of sp³-hybridized carbons (Fsp3) is 0.471. The molecule has 2 rings (SSSR count). The standard InChI is InChI=1S/C17H23N3O4/c1-3-10-19(15-8-11-18(2)12-9-15)17(21)24-13-14-4-6-16(7-5-14)20(22)23/h3-7,15H,1,8-13H2,2H3. The first-order valence-electron chi connectivity index (χ1n) is 7.97. The van der Waals surface area contributed by atoms with Crippen LogP contribution in [-0.2, 0) is 11.3 Å². The van der Waals surface area contributed by atoms with E-state index in [4.69, 9.17) is 4.74 Å². The van der Waals surface area contributed by atoms with E-state index >= 15 is 0 Å². The lowest BCUT2D eigenvalue weighted by Crippen LogP contribution is -2.46. The summed E-state index contributed by atoms with van der Waals surface area (Å²) in [6, 6.07) is 6.16. The number of ether oxygens (including phenoxy) is 1. The fourth-order valence-corrected chi connectivity index (χ4v) is 2.76. The van der Waals surface area contributed by atoms with Crippen LogP contribution in [0.2, 0.25) is 0 Å². The van der Waals surface area contributed by atoms with Crippen molar-refractivity contribution in [2.45, 2.75) is 25.5 Å². The average Bonchev–Trinajstić information content (AvgIpc) is 2.59. The predicted octanol–water partition coefficient (Wildman–Crippen LogP) is 2.81. The van der Waals surface area contributed by atoms with Crippen molar-refractivity contribution in [3.05, 3.63) is 52.6 Å². The Morgan fingerprint density at radius 1 is 1.42 bits per heavy atom. The minimum absolute atomic E-state index is 0.0182. The quantitative estimate of drug-likeness (QED) is 0.454. The Labute approximate surface area is 141 Å². The van der Waals surface area contributed by atoms with Crippen molar-refractivity contribution >= 4 is 11.8 Å². The van der Waals surface area contributed by atoms with Crippen molar-refractivity contribution < 1.29 is 14.5 Å². The van der Waals surface area contributed by atoms with Crippen molar-refractivity contribution in [2.75, 3.05) is 26.7 Å². The van der Waals surface area contributed by atoms with Crippen molar-refractivity contribution in [3.8, 4) is 0 Å². The number of benzene rings is 1. The summed E-state index contributed by atoms with van der Waals surface area (Å²) in [7, 11) is 2.07. The monoisotopic (exact) mass is 333 g/mol. The number of hydrogen-bond acceptors (Lipinski definition) is 5. The zero-order chi connectivity index (χ0) is 17.5. The lowest BCUT2D eigenvalue weighted by atomic mass is 10.0. The van der Waals surface area contributed by atoms with Crippen LogP contribution in [0.15, 0.2) is 36.9 Å². The van der Waals surface area contributed by atoms with E-state index in [2.05, 4.69) is 18.5 Å². The first kappa shape index (κ1) is 17.9. The van der Waals surface area contributed by atoms with Crippen molar-refractivity contribution in [1.29, 1.82) is 0 Å². The Morgan fingerprint density at radius 2 is 2.04 bits per heavy atom. The van der Waals surface area contributed by atoms with E-state index < -0.39 is 4.92 Å². The molecule has 1 heterocycles. The molecule has 0 saturated carbocycles. The molecule has 1 aliphatic heterocycles. The third-order valence-electron chi connectivity index (χ3n) is 4.20. The molecule has 7 nitrogen and oxygen atoms in total. The molecule has 0 radical (unpaired) electrons. The summed E-state index contributed by atoms with van der Waals surface area (Å²) in [5.41, 5.74) is 0.737. The Kier molecular flexibility index (Phi) is 6.31. The minimum Gasteiger partial charge on any atom is -0.445 e. The number of hydrogen-bond donors (Lipinski definition) is 0. The number of rotatable bonds is 6. The number of nitrogens with zero attached hydrogens (tertiary/aromatic N) is 3. The second kappa shape index (κ2) is 8.44. The summed E-state index contributed by atoms with van der Waals surface area (Å²) in [6.45, 7) is 6.16. The lowest BCUT2D eigenvalue weighted by Gasteiger charge is -2.36. The minimum atomic E-state index is -0.457. The fourth-order valence-electron chi connectivity index (χ4n) is 2.76. The normalized spacial score (nSPS) is 15.7. The van der Waals surface area contributed by atoms with E-state index in [1.165, 1.54) is 12.1 Å². The molecule has 0 spiro atoms. The van der Waals surface area contributed by atoms with E-state index in [0.717, 1.165) is 31.5 Å². The average molecular weight is 333 g/mol. The summed E-state index contributed by atoms with van der Waals surface area (Å²) in [5.74, 6) is 0. The van der Waals surface area contributed by atoms with Crippen LogP contribution in [0.3, 0.4) is 0 Å². The van der Waals surface area contributed by atoms with Crippen LogP contribution in [0.1, 0.15) is 18.4 Å². The predicted molar refractivity (Wildman–Crippen MR) is 90.7 cm³/mol. The topological polar surface area (TPSA) is 75.9 Å². The molecule has 24 heavy (non-hydrogen) atoms. The largest absolute Gasteiger partial charge is 0.445 e. The summed E-state index contributed by atoms with van der Waals surface area (Å²) in [6.07, 6.45) is 3.15. The number of non-ortho nitro benzene ring substituents is 1. The molecule has 1 saturated heterocycles. The Balaban J connectivity index is 1.92. The van der Waals surface area contributed by atoms with Crippen molar-refractivity contribution in [1.82, 2.24) is 9.80 Å². The zero-order valence-electron chi connectivity index (χ0n) is 13.9. The van der Waals surface area contributed by atoms with Crippen molar-refractivity contribution in [3.63, 3.8) is 0 Å². The van der Waals surface area contributed by atoms with Gasteiger partial charge in [0.25, 0.3) is 5.69 Å². The van der Waals surface area contributed by atoms with Crippen LogP contribution in [0, 0.1) is 10.1 Å². The SMILES string of the molecule is C=CCN(C(=O)OCc1ccc([N+](=O)[O-])cc1)C1CCN(C)CC1. The maximum absolute atomic E-state index is 12.4. The molecule has 0 unspecified atom stereocenters. The highest BCUT2D eigenvalue weighted by molar-refractivity contribution is 5.68. The summed E-state index contributed by atoms with van der Waals surface area (Å²) in [4.78, 5) is 26.5. The van der Waals surface area contributed by atoms with E-state index in [-0.39, 0.29) is 24.4 Å². The van der Waals surface area contributed by atoms with Gasteiger partial charge in [-0.15, -0.1) is 6.58 Å². The third kappa shape index (κ3) is 4.79. The van der Waals surface area contributed by atoms with Gasteiger partial charge >= 0.3 is 6.09 Å². The molecule has 130 valence electrons. The van der Waals surface area contributed by atoms with Gasteiger partial charge in [0.15, 0.2) is 0 Å². The van der Waals surface area contributed by atoms with Crippen LogP contribution in [0.25, 0.3) is 0 Å². The zero-order valence-corrected chi connectivity index (χ0v) is 13.9. The van der Waals surface area contributed by atoms with Gasteiger partial charge in [0.1, 0.15) is 6.61 Å². The van der Waals surface area contributed by atoms with Crippen LogP contribution in [0.5, 0.6) is 0 Å². The van der Waals surface area contributed by atoms with Crippen LogP contribution < -0.4 is 0 Å². The number of likely N-dealkylation sites (tertiary alicyclic amines) is 1. The molecule has 7 heteroatoms. The molecule has 1 aliphatic rings. The highest BCUT2D eigenvalue weighted by Crippen LogP contribution is 2.18. The first-order chi connectivity index (χ1) is 11.5. The number of carbonyl (C=O) groups excluding carboxylic acids is 1. The van der Waals surface area contributed by atoms with Gasteiger partial charge in [0.2, 0.25) is 0 Å². The Morgan fingerprint density at radius 3 is 2.58 bits per heavy atom. The molecular formula is C17H23N3O4. The highest BCUT2D eigenvalue weighted by atomic mass is 16.6. The summed E-state index contributed by atoms with van der Waals surface area (Å²) < 4.78 is 5.38. The van der Waals surface area contributed by atoms with E-state index in [1.807, 2.05) is 0 Å². The number of amides is 1. The smallest absolute Gasteiger partial charge is 0.410 e. The maximum Gasteiger partial charge on any atom is 0.410 e. The van der Waals surface area contributed by atoms with Crippen LogP contribution in [0.4, 0.5) is 10.5 Å². The second-order valence-electron chi connectivity index (χ2n) is 5.95. The molecule has 0 aliphatic carbocycles. The second-order valence-corrected chi connectivity index (χ2v) is 5.95. The Bertz CT molecular complexity index is 580. The van der Waals surface area contributed by atoms with E-state index in [1.54, 1.807) is 23.1 Å². The molecule has 0 aromatic heterocycles. The van der Waals surface area contributed by atoms with Gasteiger partial charge in [-0.25, -0.2) is 4.79 Å². The van der Waals surface area contributed by atoms with E-state index in [9.17, 15) is 14.9 Å². The summed E-state index contributed by atoms with van der Waals surface area (Å²) >= 11 is 0. The Hall–Kier alpha value is -2.41. The summed E-state index contributed by atoms with van der Waals surface area (Å²) in [5, 5.41) is 10.6. The van der Waals surface area contributed by atoms with Gasteiger partial charge in [0.05, 0.1) is 4.92 Å². The molecule has 0 bridgehead atoms. The number of nitro benzene ring substituents is 1. The highest BCUT2D eigenvalue weighted by Gasteiger charge is 2.27. The molecule has 1 fully saturated rings. The number of nitro groups is 1. The van der Waals surface area contributed by atoms with Gasteiger partial charge < -0.3 is 14.5 Å². The third-order valence-corrected chi connectivity index (χ3v) is 4.20. The molecule has 0 atom stereocenters. The van der Waals surface area contributed by atoms with Crippen molar-refractivity contribution in [2.24, 2.45) is 0 Å². The van der Waals surface area contributed by atoms with Gasteiger partial charge in [0, 0.05) is 24.7 Å². The van der Waals surface area contributed by atoms with Gasteiger partial charge in [-0.3, -0.25) is 10.1 Å². The molecule has 1 amide bonds. The maximum atomic E-state index is 12.4. The van der Waals surface area contributed by atoms with Gasteiger partial charge in [-0.1, -0.05) is 6.08 Å². The molecule has 0 N–H and O–H groups in total. The van der Waals surface area contributed by atoms with Gasteiger partial charge in [-0.05, 0) is 50.7 Å². The van der Waals surface area contributed by atoms with E-state index in [0.29, 0.717) is 6.54 Å². The van der Waals surface area contributed by atoms with Crippen LogP contribution in [-0.4, -0.2) is 53.5 Å². The molecular weight excluding hydrogens is 310 g/mol. The molecule has 1 aromatic carbocycles.